The summed E-state index contributed by atoms with van der Waals surface area (Å²) in [5, 5.41) is 16.5. The van der Waals surface area contributed by atoms with E-state index in [2.05, 4.69) is 10.4 Å². The number of carboxylic acid groups (broad SMARTS) is 1. The number of aryl methyl sites for hydroxylation is 1. The van der Waals surface area contributed by atoms with Gasteiger partial charge in [-0.05, 0) is 24.8 Å². The predicted octanol–water partition coefficient (Wildman–Crippen LogP) is 2.22. The highest BCUT2D eigenvalue weighted by Gasteiger charge is 2.27. The monoisotopic (exact) mass is 375 g/mol. The van der Waals surface area contributed by atoms with E-state index in [1.165, 1.54) is 7.11 Å². The molecule has 0 aliphatic heterocycles. The van der Waals surface area contributed by atoms with Crippen molar-refractivity contribution in [1.82, 2.24) is 15.1 Å². The second-order valence-electron chi connectivity index (χ2n) is 6.66. The third-order valence-electron chi connectivity index (χ3n) is 4.29. The molecule has 2 rings (SSSR count). The first-order valence-electron chi connectivity index (χ1n) is 8.91. The first-order chi connectivity index (χ1) is 12.8. The Hall–Kier alpha value is -2.90. The molecule has 1 aromatic carbocycles. The highest BCUT2D eigenvalue weighted by atomic mass is 16.5. The molecule has 1 unspecified atom stereocenters. The second-order valence-corrected chi connectivity index (χ2v) is 6.66. The number of carboxylic acids is 1. The number of nitrogens with zero attached hydrogens (tertiary/aromatic N) is 2. The van der Waals surface area contributed by atoms with Gasteiger partial charge in [0.2, 0.25) is 0 Å². The summed E-state index contributed by atoms with van der Waals surface area (Å²) in [5.41, 5.74) is 1.02. The fourth-order valence-electron chi connectivity index (χ4n) is 2.84. The SMILES string of the molecule is COC(=O)C(NC(=O)c1nn(CCCCC(=O)O)c2ccccc12)C(C)C. The molecule has 1 aromatic heterocycles. The molecule has 2 N–H and O–H groups in total. The van der Waals surface area contributed by atoms with Crippen LogP contribution in [0.3, 0.4) is 0 Å². The minimum absolute atomic E-state index is 0.0990. The summed E-state index contributed by atoms with van der Waals surface area (Å²) >= 11 is 0. The van der Waals surface area contributed by atoms with Crippen molar-refractivity contribution in [2.75, 3.05) is 7.11 Å². The Morgan fingerprint density at radius 3 is 2.56 bits per heavy atom. The van der Waals surface area contributed by atoms with Gasteiger partial charge in [-0.15, -0.1) is 0 Å². The largest absolute Gasteiger partial charge is 0.481 e. The number of carbonyl (C=O) groups is 3. The maximum Gasteiger partial charge on any atom is 0.328 e. The van der Waals surface area contributed by atoms with Crippen LogP contribution < -0.4 is 5.32 Å². The Morgan fingerprint density at radius 1 is 1.22 bits per heavy atom. The second kappa shape index (κ2) is 9.16. The fraction of sp³-hybridized carbons (Fsp3) is 0.474. The average molecular weight is 375 g/mol. The maximum absolute atomic E-state index is 12.8. The Balaban J connectivity index is 2.23. The Morgan fingerprint density at radius 2 is 1.93 bits per heavy atom. The number of rotatable bonds is 9. The van der Waals surface area contributed by atoms with E-state index in [1.807, 2.05) is 32.0 Å². The number of carbonyl (C=O) groups excluding carboxylic acids is 2. The lowest BCUT2D eigenvalue weighted by Gasteiger charge is -2.19. The molecule has 0 aliphatic rings. The first kappa shape index (κ1) is 20.4. The van der Waals surface area contributed by atoms with Gasteiger partial charge >= 0.3 is 11.9 Å². The van der Waals surface area contributed by atoms with Crippen molar-refractivity contribution in [3.05, 3.63) is 30.0 Å². The summed E-state index contributed by atoms with van der Waals surface area (Å²) in [6.07, 6.45) is 1.26. The Bertz CT molecular complexity index is 828. The summed E-state index contributed by atoms with van der Waals surface area (Å²) in [4.78, 5) is 35.3. The number of benzene rings is 1. The number of unbranched alkanes of at least 4 members (excludes halogenated alkanes) is 1. The molecule has 1 amide bonds. The van der Waals surface area contributed by atoms with Gasteiger partial charge in [0, 0.05) is 18.4 Å². The zero-order valence-electron chi connectivity index (χ0n) is 15.8. The van der Waals surface area contributed by atoms with Gasteiger partial charge in [0.25, 0.3) is 5.91 Å². The van der Waals surface area contributed by atoms with Crippen molar-refractivity contribution in [3.8, 4) is 0 Å². The number of para-hydroxylation sites is 1. The number of aromatic nitrogens is 2. The molecule has 2 aromatic rings. The summed E-state index contributed by atoms with van der Waals surface area (Å²) in [7, 11) is 1.28. The van der Waals surface area contributed by atoms with E-state index in [-0.39, 0.29) is 18.0 Å². The van der Waals surface area contributed by atoms with Gasteiger partial charge < -0.3 is 15.2 Å². The molecule has 0 saturated carbocycles. The zero-order valence-corrected chi connectivity index (χ0v) is 15.8. The third kappa shape index (κ3) is 5.06. The summed E-state index contributed by atoms with van der Waals surface area (Å²) in [6.45, 7) is 4.15. The lowest BCUT2D eigenvalue weighted by molar-refractivity contribution is -0.144. The molecule has 146 valence electrons. The van der Waals surface area contributed by atoms with E-state index in [4.69, 9.17) is 9.84 Å². The van der Waals surface area contributed by atoms with Gasteiger partial charge in [0.15, 0.2) is 5.69 Å². The molecule has 0 fully saturated rings. The minimum Gasteiger partial charge on any atom is -0.481 e. The van der Waals surface area contributed by atoms with E-state index < -0.39 is 23.9 Å². The van der Waals surface area contributed by atoms with Crippen molar-refractivity contribution < 1.29 is 24.2 Å². The van der Waals surface area contributed by atoms with E-state index >= 15 is 0 Å². The van der Waals surface area contributed by atoms with Crippen LogP contribution >= 0.6 is 0 Å². The van der Waals surface area contributed by atoms with E-state index in [0.29, 0.717) is 24.8 Å². The number of ether oxygens (including phenoxy) is 1. The van der Waals surface area contributed by atoms with Gasteiger partial charge in [-0.2, -0.15) is 5.10 Å². The molecule has 27 heavy (non-hydrogen) atoms. The number of methoxy groups -OCH3 is 1. The van der Waals surface area contributed by atoms with E-state index in [9.17, 15) is 14.4 Å². The number of fused-ring (bicyclic) bond motifs is 1. The van der Waals surface area contributed by atoms with Crippen molar-refractivity contribution in [3.63, 3.8) is 0 Å². The van der Waals surface area contributed by atoms with Crippen LogP contribution in [-0.2, 0) is 20.9 Å². The van der Waals surface area contributed by atoms with Crippen LogP contribution in [0.5, 0.6) is 0 Å². The number of hydrogen-bond donors (Lipinski definition) is 2. The topological polar surface area (TPSA) is 111 Å². The number of hydrogen-bond acceptors (Lipinski definition) is 5. The zero-order chi connectivity index (χ0) is 20.0. The van der Waals surface area contributed by atoms with Gasteiger partial charge in [0.05, 0.1) is 12.6 Å². The van der Waals surface area contributed by atoms with Crippen LogP contribution in [0, 0.1) is 5.92 Å². The van der Waals surface area contributed by atoms with Crippen molar-refractivity contribution >= 4 is 28.7 Å². The fourth-order valence-corrected chi connectivity index (χ4v) is 2.84. The standard InChI is InChI=1S/C19H25N3O5/c1-12(2)16(19(26)27-3)20-18(25)17-13-8-4-5-9-14(13)22(21-17)11-7-6-10-15(23)24/h4-5,8-9,12,16H,6-7,10-11H2,1-3H3,(H,20,25)(H,23,24). The van der Waals surface area contributed by atoms with E-state index in [0.717, 1.165) is 5.52 Å². The van der Waals surface area contributed by atoms with Gasteiger partial charge in [-0.1, -0.05) is 32.0 Å². The number of nitrogens with one attached hydrogen (secondary N) is 1. The number of aliphatic carboxylic acids is 1. The first-order valence-corrected chi connectivity index (χ1v) is 8.91. The van der Waals surface area contributed by atoms with Gasteiger partial charge in [0.1, 0.15) is 6.04 Å². The lowest BCUT2D eigenvalue weighted by atomic mass is 10.0. The maximum atomic E-state index is 12.8. The van der Waals surface area contributed by atoms with Gasteiger partial charge in [-0.3, -0.25) is 14.3 Å². The molecule has 1 heterocycles. The van der Waals surface area contributed by atoms with Gasteiger partial charge in [-0.25, -0.2) is 4.79 Å². The molecule has 8 heteroatoms. The average Bonchev–Trinajstić information content (AvgIpc) is 3.01. The third-order valence-corrected chi connectivity index (χ3v) is 4.29. The predicted molar refractivity (Wildman–Crippen MR) is 99.3 cm³/mol. The van der Waals surface area contributed by atoms with Crippen LogP contribution in [0.2, 0.25) is 0 Å². The lowest BCUT2D eigenvalue weighted by Crippen LogP contribution is -2.45. The molecular weight excluding hydrogens is 350 g/mol. The summed E-state index contributed by atoms with van der Waals surface area (Å²) in [6, 6.07) is 6.56. The Kier molecular flexibility index (Phi) is 6.92. The van der Waals surface area contributed by atoms with Crippen LogP contribution in [-0.4, -0.2) is 45.9 Å². The molecule has 0 bridgehead atoms. The summed E-state index contributed by atoms with van der Waals surface area (Å²) < 4.78 is 6.46. The highest BCUT2D eigenvalue weighted by Crippen LogP contribution is 2.20. The normalized spacial score (nSPS) is 12.1. The highest BCUT2D eigenvalue weighted by molar-refractivity contribution is 6.06. The number of amides is 1. The molecule has 1 atom stereocenters. The quantitative estimate of drug-likeness (QED) is 0.514. The molecule has 8 nitrogen and oxygen atoms in total. The van der Waals surface area contributed by atoms with Crippen LogP contribution in [0.25, 0.3) is 10.9 Å². The van der Waals surface area contributed by atoms with Crippen molar-refractivity contribution in [1.29, 1.82) is 0 Å². The number of esters is 1. The molecule has 0 spiro atoms. The van der Waals surface area contributed by atoms with Crippen LogP contribution in [0.1, 0.15) is 43.6 Å². The molecule has 0 saturated heterocycles. The van der Waals surface area contributed by atoms with E-state index in [1.54, 1.807) is 10.7 Å². The smallest absolute Gasteiger partial charge is 0.328 e. The minimum atomic E-state index is -0.831. The molecule has 0 radical (unpaired) electrons. The Labute approximate surface area is 157 Å². The summed E-state index contributed by atoms with van der Waals surface area (Å²) in [5.74, 6) is -1.91. The van der Waals surface area contributed by atoms with Crippen LogP contribution in [0.4, 0.5) is 0 Å². The molecule has 0 aliphatic carbocycles. The molecular formula is C19H25N3O5. The van der Waals surface area contributed by atoms with Crippen molar-refractivity contribution in [2.45, 2.75) is 45.7 Å². The van der Waals surface area contributed by atoms with Crippen molar-refractivity contribution in [2.24, 2.45) is 5.92 Å². The van der Waals surface area contributed by atoms with Crippen LogP contribution in [0.15, 0.2) is 24.3 Å².